The number of nitrogens with one attached hydrogen (secondary N) is 1. The van der Waals surface area contributed by atoms with Gasteiger partial charge in [-0.15, -0.1) is 0 Å². The SMILES string of the molecule is CCN(CC)C(=O)C(C)Oc1cccc2c1NCCC2. The molecule has 1 amide bonds. The number of carbonyl (C=O) groups is 1. The Labute approximate surface area is 121 Å². The van der Waals surface area contributed by atoms with Crippen molar-refractivity contribution in [3.8, 4) is 5.75 Å². The molecular formula is C16H24N2O2. The van der Waals surface area contributed by atoms with Crippen LogP contribution in [0.3, 0.4) is 0 Å². The van der Waals surface area contributed by atoms with Gasteiger partial charge >= 0.3 is 0 Å². The first-order chi connectivity index (χ1) is 9.67. The number of ether oxygens (including phenoxy) is 1. The molecule has 0 bridgehead atoms. The number of rotatable bonds is 5. The summed E-state index contributed by atoms with van der Waals surface area (Å²) in [6.07, 6.45) is 1.76. The lowest BCUT2D eigenvalue weighted by atomic mass is 10.0. The van der Waals surface area contributed by atoms with E-state index in [1.807, 2.05) is 32.9 Å². The van der Waals surface area contributed by atoms with Crippen molar-refractivity contribution in [2.45, 2.75) is 39.7 Å². The number of nitrogens with zero attached hydrogens (tertiary/aromatic N) is 1. The van der Waals surface area contributed by atoms with Gasteiger partial charge in [-0.3, -0.25) is 4.79 Å². The monoisotopic (exact) mass is 276 g/mol. The van der Waals surface area contributed by atoms with Gasteiger partial charge in [0.05, 0.1) is 5.69 Å². The van der Waals surface area contributed by atoms with Crippen LogP contribution in [0.25, 0.3) is 0 Å². The molecule has 0 fully saturated rings. The molecule has 0 spiro atoms. The first-order valence-electron chi connectivity index (χ1n) is 7.48. The second-order valence-corrected chi connectivity index (χ2v) is 5.09. The predicted octanol–water partition coefficient (Wildman–Crippen LogP) is 2.68. The average Bonchev–Trinajstić information content (AvgIpc) is 2.48. The lowest BCUT2D eigenvalue weighted by molar-refractivity contribution is -0.137. The summed E-state index contributed by atoms with van der Waals surface area (Å²) in [5.41, 5.74) is 2.33. The molecule has 4 nitrogen and oxygen atoms in total. The molecule has 0 aliphatic carbocycles. The molecule has 1 aliphatic heterocycles. The zero-order chi connectivity index (χ0) is 14.5. The van der Waals surface area contributed by atoms with Crippen LogP contribution >= 0.6 is 0 Å². The first kappa shape index (κ1) is 14.7. The summed E-state index contributed by atoms with van der Waals surface area (Å²) >= 11 is 0. The Morgan fingerprint density at radius 2 is 2.15 bits per heavy atom. The molecule has 1 unspecified atom stereocenters. The van der Waals surface area contributed by atoms with Crippen molar-refractivity contribution in [3.05, 3.63) is 23.8 Å². The number of hydrogen-bond donors (Lipinski definition) is 1. The van der Waals surface area contributed by atoms with E-state index < -0.39 is 6.10 Å². The molecule has 1 N–H and O–H groups in total. The molecule has 1 aromatic carbocycles. The topological polar surface area (TPSA) is 41.6 Å². The lowest BCUT2D eigenvalue weighted by Gasteiger charge is -2.26. The minimum Gasteiger partial charge on any atom is -0.479 e. The number of para-hydroxylation sites is 1. The van der Waals surface area contributed by atoms with Crippen LogP contribution in [0, 0.1) is 0 Å². The van der Waals surface area contributed by atoms with E-state index in [2.05, 4.69) is 11.4 Å². The minimum atomic E-state index is -0.454. The first-order valence-corrected chi connectivity index (χ1v) is 7.48. The number of benzene rings is 1. The van der Waals surface area contributed by atoms with Gasteiger partial charge in [0, 0.05) is 19.6 Å². The summed E-state index contributed by atoms with van der Waals surface area (Å²) in [4.78, 5) is 14.1. The van der Waals surface area contributed by atoms with E-state index in [9.17, 15) is 4.79 Å². The molecule has 0 radical (unpaired) electrons. The predicted molar refractivity (Wildman–Crippen MR) is 81.3 cm³/mol. The van der Waals surface area contributed by atoms with Crippen LogP contribution in [-0.2, 0) is 11.2 Å². The van der Waals surface area contributed by atoms with E-state index in [4.69, 9.17) is 4.74 Å². The van der Waals surface area contributed by atoms with Crippen molar-refractivity contribution in [1.82, 2.24) is 4.90 Å². The van der Waals surface area contributed by atoms with Crippen LogP contribution in [0.2, 0.25) is 0 Å². The third kappa shape index (κ3) is 3.06. The van der Waals surface area contributed by atoms with Crippen LogP contribution in [0.15, 0.2) is 18.2 Å². The summed E-state index contributed by atoms with van der Waals surface area (Å²) in [5, 5.41) is 3.38. The Hall–Kier alpha value is -1.71. The maximum absolute atomic E-state index is 12.3. The van der Waals surface area contributed by atoms with Gasteiger partial charge in [0.1, 0.15) is 5.75 Å². The van der Waals surface area contributed by atoms with E-state index in [0.29, 0.717) is 13.1 Å². The fraction of sp³-hybridized carbons (Fsp3) is 0.562. The number of amides is 1. The summed E-state index contributed by atoms with van der Waals surface area (Å²) in [6, 6.07) is 6.05. The molecule has 0 saturated carbocycles. The standard InChI is InChI=1S/C16H24N2O2/c1-4-18(5-2)16(19)12(3)20-14-10-6-8-13-9-7-11-17-15(13)14/h6,8,10,12,17H,4-5,7,9,11H2,1-3H3. The number of carbonyl (C=O) groups excluding carboxylic acids is 1. The second-order valence-electron chi connectivity index (χ2n) is 5.09. The summed E-state index contributed by atoms with van der Waals surface area (Å²) in [7, 11) is 0. The van der Waals surface area contributed by atoms with E-state index in [1.165, 1.54) is 5.56 Å². The van der Waals surface area contributed by atoms with E-state index in [1.54, 1.807) is 4.90 Å². The van der Waals surface area contributed by atoms with Crippen molar-refractivity contribution in [2.75, 3.05) is 25.0 Å². The second kappa shape index (κ2) is 6.64. The largest absolute Gasteiger partial charge is 0.479 e. The summed E-state index contributed by atoms with van der Waals surface area (Å²) in [6.45, 7) is 8.19. The fourth-order valence-electron chi connectivity index (χ4n) is 2.61. The number of likely N-dealkylation sites (N-methyl/N-ethyl adjacent to an activating group) is 1. The van der Waals surface area contributed by atoms with E-state index >= 15 is 0 Å². The molecule has 0 saturated heterocycles. The van der Waals surface area contributed by atoms with Crippen molar-refractivity contribution in [2.24, 2.45) is 0 Å². The van der Waals surface area contributed by atoms with Gasteiger partial charge in [0.15, 0.2) is 6.10 Å². The third-order valence-corrected chi connectivity index (χ3v) is 3.76. The molecule has 20 heavy (non-hydrogen) atoms. The molecule has 0 aromatic heterocycles. The van der Waals surface area contributed by atoms with Gasteiger partial charge in [0.2, 0.25) is 0 Å². The number of fused-ring (bicyclic) bond motifs is 1. The highest BCUT2D eigenvalue weighted by atomic mass is 16.5. The Balaban J connectivity index is 2.12. The van der Waals surface area contributed by atoms with Crippen molar-refractivity contribution >= 4 is 11.6 Å². The summed E-state index contributed by atoms with van der Waals surface area (Å²) in [5.74, 6) is 0.832. The lowest BCUT2D eigenvalue weighted by Crippen LogP contribution is -2.40. The fourth-order valence-corrected chi connectivity index (χ4v) is 2.61. The molecule has 1 aliphatic rings. The Morgan fingerprint density at radius 1 is 1.40 bits per heavy atom. The zero-order valence-corrected chi connectivity index (χ0v) is 12.6. The Bertz CT molecular complexity index is 470. The van der Waals surface area contributed by atoms with E-state index in [-0.39, 0.29) is 5.91 Å². The highest BCUT2D eigenvalue weighted by molar-refractivity contribution is 5.81. The van der Waals surface area contributed by atoms with E-state index in [0.717, 1.165) is 30.8 Å². The Morgan fingerprint density at radius 3 is 2.85 bits per heavy atom. The third-order valence-electron chi connectivity index (χ3n) is 3.76. The van der Waals surface area contributed by atoms with Crippen molar-refractivity contribution in [3.63, 3.8) is 0 Å². The molecule has 110 valence electrons. The van der Waals surface area contributed by atoms with Crippen LogP contribution in [-0.4, -0.2) is 36.5 Å². The molecule has 1 heterocycles. The molecule has 1 atom stereocenters. The quantitative estimate of drug-likeness (QED) is 0.899. The van der Waals surface area contributed by atoms with Gasteiger partial charge < -0.3 is 15.0 Å². The van der Waals surface area contributed by atoms with Crippen molar-refractivity contribution in [1.29, 1.82) is 0 Å². The van der Waals surface area contributed by atoms with Crippen LogP contribution in [0.5, 0.6) is 5.75 Å². The number of anilines is 1. The highest BCUT2D eigenvalue weighted by Crippen LogP contribution is 2.32. The molecule has 4 heteroatoms. The van der Waals surface area contributed by atoms with Gasteiger partial charge in [-0.25, -0.2) is 0 Å². The maximum Gasteiger partial charge on any atom is 0.263 e. The van der Waals surface area contributed by atoms with Gasteiger partial charge in [-0.1, -0.05) is 12.1 Å². The van der Waals surface area contributed by atoms with Crippen molar-refractivity contribution < 1.29 is 9.53 Å². The molecular weight excluding hydrogens is 252 g/mol. The molecule has 1 aromatic rings. The zero-order valence-electron chi connectivity index (χ0n) is 12.6. The number of hydrogen-bond acceptors (Lipinski definition) is 3. The van der Waals surface area contributed by atoms with Gasteiger partial charge in [0.25, 0.3) is 5.91 Å². The molecule has 2 rings (SSSR count). The Kier molecular flexibility index (Phi) is 4.88. The van der Waals surface area contributed by atoms with Crippen LogP contribution in [0.1, 0.15) is 32.8 Å². The highest BCUT2D eigenvalue weighted by Gasteiger charge is 2.22. The minimum absolute atomic E-state index is 0.0448. The normalized spacial score (nSPS) is 14.9. The van der Waals surface area contributed by atoms with Gasteiger partial charge in [-0.2, -0.15) is 0 Å². The van der Waals surface area contributed by atoms with Gasteiger partial charge in [-0.05, 0) is 45.2 Å². The van der Waals surface area contributed by atoms with Crippen LogP contribution in [0.4, 0.5) is 5.69 Å². The smallest absolute Gasteiger partial charge is 0.263 e. The number of aryl methyl sites for hydroxylation is 1. The van der Waals surface area contributed by atoms with Crippen LogP contribution < -0.4 is 10.1 Å². The maximum atomic E-state index is 12.3. The average molecular weight is 276 g/mol. The summed E-state index contributed by atoms with van der Waals surface area (Å²) < 4.78 is 5.91.